The third-order valence-electron chi connectivity index (χ3n) is 4.06. The molecule has 6 heteroatoms. The molecule has 0 spiro atoms. The Bertz CT molecular complexity index is 599. The molecule has 0 radical (unpaired) electrons. The number of nitrogens with zero attached hydrogens (tertiary/aromatic N) is 1. The van der Waals surface area contributed by atoms with Crippen molar-refractivity contribution in [3.63, 3.8) is 0 Å². The summed E-state index contributed by atoms with van der Waals surface area (Å²) in [6, 6.07) is 7.20. The molecule has 0 aliphatic heterocycles. The van der Waals surface area contributed by atoms with Crippen LogP contribution in [0.4, 0.5) is 10.5 Å². The number of unbranched alkanes of at least 4 members (excludes halogenated alkanes) is 1. The van der Waals surface area contributed by atoms with Crippen molar-refractivity contribution in [2.75, 3.05) is 19.4 Å². The van der Waals surface area contributed by atoms with E-state index in [-0.39, 0.29) is 23.6 Å². The van der Waals surface area contributed by atoms with Crippen molar-refractivity contribution >= 4 is 23.4 Å². The predicted octanol–water partition coefficient (Wildman–Crippen LogP) is 3.18. The van der Waals surface area contributed by atoms with Gasteiger partial charge in [0, 0.05) is 38.7 Å². The zero-order valence-electron chi connectivity index (χ0n) is 15.6. The third kappa shape index (κ3) is 8.33. The van der Waals surface area contributed by atoms with Gasteiger partial charge < -0.3 is 15.5 Å². The van der Waals surface area contributed by atoms with Gasteiger partial charge in [0.05, 0.1) is 0 Å². The van der Waals surface area contributed by atoms with Crippen LogP contribution in [0.2, 0.25) is 0 Å². The quantitative estimate of drug-likeness (QED) is 0.673. The van der Waals surface area contributed by atoms with Crippen molar-refractivity contribution in [3.05, 3.63) is 29.8 Å². The fourth-order valence-electron chi connectivity index (χ4n) is 2.22. The van der Waals surface area contributed by atoms with Gasteiger partial charge in [0.1, 0.15) is 5.78 Å². The molecule has 25 heavy (non-hydrogen) atoms. The van der Waals surface area contributed by atoms with E-state index in [1.165, 1.54) is 4.90 Å². The molecular weight excluding hydrogens is 318 g/mol. The molecule has 0 aliphatic rings. The number of hydrogen-bond donors (Lipinski definition) is 2. The lowest BCUT2D eigenvalue weighted by molar-refractivity contribution is -0.121. The summed E-state index contributed by atoms with van der Waals surface area (Å²) in [5, 5.41) is 5.66. The molecule has 3 amide bonds. The molecule has 2 N–H and O–H groups in total. The summed E-state index contributed by atoms with van der Waals surface area (Å²) in [5.41, 5.74) is 1.62. The largest absolute Gasteiger partial charge is 0.352 e. The van der Waals surface area contributed by atoms with Crippen LogP contribution in [0.5, 0.6) is 0 Å². The van der Waals surface area contributed by atoms with Gasteiger partial charge in [-0.05, 0) is 37.5 Å². The predicted molar refractivity (Wildman–Crippen MR) is 99.3 cm³/mol. The Labute approximate surface area is 150 Å². The van der Waals surface area contributed by atoms with Gasteiger partial charge in [-0.25, -0.2) is 4.79 Å². The first-order chi connectivity index (χ1) is 11.8. The van der Waals surface area contributed by atoms with E-state index in [1.54, 1.807) is 21.0 Å². The maximum absolute atomic E-state index is 11.9. The summed E-state index contributed by atoms with van der Waals surface area (Å²) in [7, 11) is 3.35. The highest BCUT2D eigenvalue weighted by Crippen LogP contribution is 2.12. The number of hydrogen-bond acceptors (Lipinski definition) is 3. The van der Waals surface area contributed by atoms with Crippen LogP contribution in [0.25, 0.3) is 0 Å². The molecule has 0 saturated heterocycles. The summed E-state index contributed by atoms with van der Waals surface area (Å²) < 4.78 is 0. The minimum Gasteiger partial charge on any atom is -0.352 e. The Kier molecular flexibility index (Phi) is 8.67. The number of urea groups is 1. The van der Waals surface area contributed by atoms with Gasteiger partial charge in [-0.15, -0.1) is 0 Å². The van der Waals surface area contributed by atoms with Gasteiger partial charge in [0.2, 0.25) is 5.91 Å². The second-order valence-electron chi connectivity index (χ2n) is 6.56. The van der Waals surface area contributed by atoms with E-state index in [9.17, 15) is 14.4 Å². The molecule has 138 valence electrons. The number of carbonyl (C=O) groups excluding carboxylic acids is 3. The maximum atomic E-state index is 11.9. The van der Waals surface area contributed by atoms with Crippen molar-refractivity contribution in [2.24, 2.45) is 5.92 Å². The lowest BCUT2D eigenvalue weighted by Gasteiger charge is -2.13. The Morgan fingerprint density at radius 3 is 2.52 bits per heavy atom. The molecule has 1 rings (SSSR count). The first-order valence-electron chi connectivity index (χ1n) is 8.64. The highest BCUT2D eigenvalue weighted by atomic mass is 16.2. The van der Waals surface area contributed by atoms with Crippen LogP contribution < -0.4 is 10.6 Å². The van der Waals surface area contributed by atoms with Crippen LogP contribution in [0.15, 0.2) is 24.3 Å². The molecule has 1 aromatic carbocycles. The molecule has 0 fully saturated rings. The number of nitrogens with one attached hydrogen (secondary N) is 2. The number of rotatable bonds is 9. The second-order valence-corrected chi connectivity index (χ2v) is 6.56. The van der Waals surface area contributed by atoms with E-state index in [4.69, 9.17) is 0 Å². The normalized spacial score (nSPS) is 11.5. The van der Waals surface area contributed by atoms with E-state index in [0.717, 1.165) is 24.8 Å². The Morgan fingerprint density at radius 2 is 1.88 bits per heavy atom. The third-order valence-corrected chi connectivity index (χ3v) is 4.06. The van der Waals surface area contributed by atoms with Gasteiger partial charge in [0.25, 0.3) is 0 Å². The van der Waals surface area contributed by atoms with Crippen LogP contribution in [0.3, 0.4) is 0 Å². The van der Waals surface area contributed by atoms with Gasteiger partial charge in [-0.1, -0.05) is 25.5 Å². The average molecular weight is 347 g/mol. The summed E-state index contributed by atoms with van der Waals surface area (Å²) >= 11 is 0. The molecule has 1 atom stereocenters. The molecule has 0 bridgehead atoms. The lowest BCUT2D eigenvalue weighted by atomic mass is 10.00. The molecule has 6 nitrogen and oxygen atoms in total. The Balaban J connectivity index is 2.34. The van der Waals surface area contributed by atoms with Gasteiger partial charge >= 0.3 is 6.03 Å². The summed E-state index contributed by atoms with van der Waals surface area (Å²) in [4.78, 5) is 36.2. The smallest absolute Gasteiger partial charge is 0.321 e. The topological polar surface area (TPSA) is 78.5 Å². The van der Waals surface area contributed by atoms with E-state index < -0.39 is 0 Å². The van der Waals surface area contributed by atoms with Crippen LogP contribution in [-0.4, -0.2) is 36.7 Å². The van der Waals surface area contributed by atoms with Crippen molar-refractivity contribution in [1.29, 1.82) is 0 Å². The van der Waals surface area contributed by atoms with E-state index in [0.29, 0.717) is 18.7 Å². The number of amides is 3. The fourth-order valence-corrected chi connectivity index (χ4v) is 2.22. The van der Waals surface area contributed by atoms with Crippen LogP contribution in [0.1, 0.15) is 45.1 Å². The van der Waals surface area contributed by atoms with Crippen molar-refractivity contribution in [1.82, 2.24) is 10.2 Å². The molecule has 1 aromatic rings. The van der Waals surface area contributed by atoms with E-state index in [1.807, 2.05) is 31.2 Å². The number of carbonyl (C=O) groups is 3. The molecular formula is C19H29N3O3. The number of Topliss-reactive ketones (excluding diaryl/α,β-unsaturated/α-hetero) is 1. The Hall–Kier alpha value is -2.37. The van der Waals surface area contributed by atoms with Crippen molar-refractivity contribution in [3.8, 4) is 0 Å². The summed E-state index contributed by atoms with van der Waals surface area (Å²) in [6.07, 6.45) is 2.94. The Morgan fingerprint density at radius 1 is 1.16 bits per heavy atom. The van der Waals surface area contributed by atoms with E-state index >= 15 is 0 Å². The number of ketones is 1. The summed E-state index contributed by atoms with van der Waals surface area (Å²) in [5.74, 6) is 0.270. The monoisotopic (exact) mass is 347 g/mol. The average Bonchev–Trinajstić information content (AvgIpc) is 2.56. The van der Waals surface area contributed by atoms with Crippen LogP contribution in [0, 0.1) is 5.92 Å². The molecule has 0 heterocycles. The van der Waals surface area contributed by atoms with E-state index in [2.05, 4.69) is 10.6 Å². The van der Waals surface area contributed by atoms with Crippen molar-refractivity contribution < 1.29 is 14.4 Å². The zero-order valence-corrected chi connectivity index (χ0v) is 15.6. The van der Waals surface area contributed by atoms with Crippen LogP contribution in [-0.2, 0) is 16.1 Å². The summed E-state index contributed by atoms with van der Waals surface area (Å²) in [6.45, 7) is 3.95. The zero-order chi connectivity index (χ0) is 18.8. The lowest BCUT2D eigenvalue weighted by Crippen LogP contribution is -2.27. The van der Waals surface area contributed by atoms with Gasteiger partial charge in [-0.2, -0.15) is 0 Å². The maximum Gasteiger partial charge on any atom is 0.321 e. The van der Waals surface area contributed by atoms with Crippen LogP contribution >= 0.6 is 0 Å². The fraction of sp³-hybridized carbons (Fsp3) is 0.526. The van der Waals surface area contributed by atoms with Crippen molar-refractivity contribution in [2.45, 2.75) is 46.1 Å². The first-order valence-corrected chi connectivity index (χ1v) is 8.64. The minimum absolute atomic E-state index is 0.00166. The standard InChI is InChI=1S/C19H29N3O3/c1-14(15(2)23)8-5-6-11-18(24)20-13-16-9-7-10-17(12-16)21-19(25)22(3)4/h7,9-10,12,14H,5-6,8,11,13H2,1-4H3,(H,20,24)(H,21,25). The SMILES string of the molecule is CC(=O)C(C)CCCCC(=O)NCc1cccc(NC(=O)N(C)C)c1. The van der Waals surface area contributed by atoms with Gasteiger partial charge in [-0.3, -0.25) is 9.59 Å². The number of benzene rings is 1. The molecule has 0 aliphatic carbocycles. The number of anilines is 1. The molecule has 1 unspecified atom stereocenters. The highest BCUT2D eigenvalue weighted by Gasteiger charge is 2.08. The first kappa shape index (κ1) is 20.7. The van der Waals surface area contributed by atoms with Gasteiger partial charge in [0.15, 0.2) is 0 Å². The highest BCUT2D eigenvalue weighted by molar-refractivity contribution is 5.89. The minimum atomic E-state index is -0.194. The molecule has 0 saturated carbocycles. The molecule has 0 aromatic heterocycles. The second kappa shape index (κ2) is 10.5.